The summed E-state index contributed by atoms with van der Waals surface area (Å²) in [6.45, 7) is 1.93. The minimum absolute atomic E-state index is 0.203. The molecule has 0 unspecified atom stereocenters. The Morgan fingerprint density at radius 2 is 1.73 bits per heavy atom. The lowest BCUT2D eigenvalue weighted by atomic mass is 9.75. The highest BCUT2D eigenvalue weighted by atomic mass is 16.2. The lowest BCUT2D eigenvalue weighted by molar-refractivity contribution is -0.135. The van der Waals surface area contributed by atoms with Gasteiger partial charge in [0.05, 0.1) is 0 Å². The van der Waals surface area contributed by atoms with Gasteiger partial charge in [-0.1, -0.05) is 6.92 Å². The molecule has 1 aromatic heterocycles. The van der Waals surface area contributed by atoms with Gasteiger partial charge in [0.2, 0.25) is 11.8 Å². The zero-order valence-corrected chi connectivity index (χ0v) is 8.49. The molecule has 0 aliphatic carbocycles. The Bertz CT molecular complexity index is 384. The average molecular weight is 204 g/mol. The summed E-state index contributed by atoms with van der Waals surface area (Å²) in [5.74, 6) is -0.406. The summed E-state index contributed by atoms with van der Waals surface area (Å²) in [6, 6.07) is 3.71. The highest BCUT2D eigenvalue weighted by Gasteiger charge is 2.36. The maximum absolute atomic E-state index is 11.3. The van der Waals surface area contributed by atoms with Gasteiger partial charge in [-0.2, -0.15) is 0 Å². The molecule has 1 aliphatic rings. The van der Waals surface area contributed by atoms with Crippen LogP contribution in [0.15, 0.2) is 24.5 Å². The van der Waals surface area contributed by atoms with Crippen LogP contribution < -0.4 is 5.32 Å². The van der Waals surface area contributed by atoms with Crippen molar-refractivity contribution in [2.45, 2.75) is 25.2 Å². The largest absolute Gasteiger partial charge is 0.296 e. The number of nitrogens with zero attached hydrogens (tertiary/aromatic N) is 1. The molecule has 4 nitrogen and oxygen atoms in total. The summed E-state index contributed by atoms with van der Waals surface area (Å²) in [5.41, 5.74) is 0.600. The van der Waals surface area contributed by atoms with Crippen LogP contribution in [0.2, 0.25) is 0 Å². The lowest BCUT2D eigenvalue weighted by Gasteiger charge is -2.32. The summed E-state index contributed by atoms with van der Waals surface area (Å²) in [5, 5.41) is 2.31. The van der Waals surface area contributed by atoms with Crippen molar-refractivity contribution >= 4 is 11.8 Å². The first kappa shape index (κ1) is 9.83. The standard InChI is InChI=1S/C11H12N2O2/c1-11(8-2-4-12-5-3-8)6-9(14)13-10(15)7-11/h2-5H,6-7H2,1H3,(H,13,14,15). The van der Waals surface area contributed by atoms with Crippen LogP contribution in [-0.2, 0) is 15.0 Å². The molecule has 0 atom stereocenters. The van der Waals surface area contributed by atoms with E-state index in [-0.39, 0.29) is 17.2 Å². The molecular weight excluding hydrogens is 192 g/mol. The first-order chi connectivity index (χ1) is 7.10. The maximum Gasteiger partial charge on any atom is 0.227 e. The van der Waals surface area contributed by atoms with Crippen LogP contribution in [0.4, 0.5) is 0 Å². The third-order valence-electron chi connectivity index (χ3n) is 2.76. The fourth-order valence-electron chi connectivity index (χ4n) is 1.97. The highest BCUT2D eigenvalue weighted by Crippen LogP contribution is 2.33. The van der Waals surface area contributed by atoms with E-state index < -0.39 is 0 Å². The van der Waals surface area contributed by atoms with E-state index in [1.165, 1.54) is 0 Å². The van der Waals surface area contributed by atoms with Gasteiger partial charge in [-0.05, 0) is 17.7 Å². The number of carbonyl (C=O) groups excluding carboxylic acids is 2. The van der Waals surface area contributed by atoms with Crippen LogP contribution in [0.1, 0.15) is 25.3 Å². The number of carbonyl (C=O) groups is 2. The number of hydrogen-bond donors (Lipinski definition) is 1. The molecule has 1 fully saturated rings. The van der Waals surface area contributed by atoms with Crippen molar-refractivity contribution in [3.05, 3.63) is 30.1 Å². The molecular formula is C11H12N2O2. The summed E-state index contributed by atoms with van der Waals surface area (Å²) < 4.78 is 0. The topological polar surface area (TPSA) is 59.1 Å². The van der Waals surface area contributed by atoms with Crippen molar-refractivity contribution in [2.75, 3.05) is 0 Å². The number of hydrogen-bond acceptors (Lipinski definition) is 3. The molecule has 15 heavy (non-hydrogen) atoms. The first-order valence-electron chi connectivity index (χ1n) is 4.83. The maximum atomic E-state index is 11.3. The Kier molecular flexibility index (Phi) is 2.26. The second-order valence-electron chi connectivity index (χ2n) is 4.12. The van der Waals surface area contributed by atoms with Crippen molar-refractivity contribution in [3.8, 4) is 0 Å². The minimum Gasteiger partial charge on any atom is -0.296 e. The molecule has 1 aliphatic heterocycles. The number of piperidine rings is 1. The third kappa shape index (κ3) is 1.88. The number of nitrogens with one attached hydrogen (secondary N) is 1. The number of aromatic nitrogens is 1. The van der Waals surface area contributed by atoms with Gasteiger partial charge in [0.15, 0.2) is 0 Å². The fraction of sp³-hybridized carbons (Fsp3) is 0.364. The summed E-state index contributed by atoms with van der Waals surface area (Å²) in [4.78, 5) is 26.6. The van der Waals surface area contributed by atoms with E-state index in [4.69, 9.17) is 0 Å². The predicted octanol–water partition coefficient (Wildman–Crippen LogP) is 0.776. The molecule has 78 valence electrons. The Morgan fingerprint density at radius 1 is 1.20 bits per heavy atom. The van der Waals surface area contributed by atoms with Crippen LogP contribution in [0.3, 0.4) is 0 Å². The first-order valence-corrected chi connectivity index (χ1v) is 4.83. The van der Waals surface area contributed by atoms with E-state index in [0.717, 1.165) is 5.56 Å². The summed E-state index contributed by atoms with van der Waals surface area (Å²) in [6.07, 6.45) is 4.06. The molecule has 0 radical (unpaired) electrons. The number of pyridine rings is 1. The Balaban J connectivity index is 2.34. The van der Waals surface area contributed by atoms with Gasteiger partial charge in [0, 0.05) is 30.7 Å². The second-order valence-corrected chi connectivity index (χ2v) is 4.12. The van der Waals surface area contributed by atoms with Crippen molar-refractivity contribution in [3.63, 3.8) is 0 Å². The molecule has 4 heteroatoms. The fourth-order valence-corrected chi connectivity index (χ4v) is 1.97. The zero-order chi connectivity index (χ0) is 10.9. The van der Waals surface area contributed by atoms with Crippen LogP contribution in [0.5, 0.6) is 0 Å². The van der Waals surface area contributed by atoms with Gasteiger partial charge in [-0.15, -0.1) is 0 Å². The molecule has 0 spiro atoms. The Hall–Kier alpha value is -1.71. The van der Waals surface area contributed by atoms with E-state index in [9.17, 15) is 9.59 Å². The molecule has 0 bridgehead atoms. The molecule has 2 amide bonds. The number of imide groups is 1. The quantitative estimate of drug-likeness (QED) is 0.687. The van der Waals surface area contributed by atoms with Crippen LogP contribution in [0, 0.1) is 0 Å². The smallest absolute Gasteiger partial charge is 0.227 e. The van der Waals surface area contributed by atoms with Crippen LogP contribution >= 0.6 is 0 Å². The van der Waals surface area contributed by atoms with Gasteiger partial charge in [-0.3, -0.25) is 19.9 Å². The summed E-state index contributed by atoms with van der Waals surface area (Å²) in [7, 11) is 0. The van der Waals surface area contributed by atoms with Gasteiger partial charge in [0.1, 0.15) is 0 Å². The Labute approximate surface area is 87.7 Å². The molecule has 1 saturated heterocycles. The van der Waals surface area contributed by atoms with E-state index in [1.807, 2.05) is 19.1 Å². The van der Waals surface area contributed by atoms with E-state index in [2.05, 4.69) is 10.3 Å². The average Bonchev–Trinajstić information content (AvgIpc) is 2.17. The van der Waals surface area contributed by atoms with Crippen molar-refractivity contribution in [2.24, 2.45) is 0 Å². The Morgan fingerprint density at radius 3 is 2.27 bits per heavy atom. The summed E-state index contributed by atoms with van der Waals surface area (Å²) >= 11 is 0. The van der Waals surface area contributed by atoms with Crippen molar-refractivity contribution in [1.29, 1.82) is 0 Å². The normalized spacial score (nSPS) is 19.8. The van der Waals surface area contributed by atoms with Crippen molar-refractivity contribution < 1.29 is 9.59 Å². The second kappa shape index (κ2) is 3.46. The lowest BCUT2D eigenvalue weighted by Crippen LogP contribution is -2.45. The van der Waals surface area contributed by atoms with Gasteiger partial charge >= 0.3 is 0 Å². The zero-order valence-electron chi connectivity index (χ0n) is 8.49. The third-order valence-corrected chi connectivity index (χ3v) is 2.76. The van der Waals surface area contributed by atoms with Gasteiger partial charge in [-0.25, -0.2) is 0 Å². The van der Waals surface area contributed by atoms with Gasteiger partial charge in [0.25, 0.3) is 0 Å². The van der Waals surface area contributed by atoms with Gasteiger partial charge < -0.3 is 0 Å². The van der Waals surface area contributed by atoms with Crippen LogP contribution in [-0.4, -0.2) is 16.8 Å². The molecule has 1 aromatic rings. The molecule has 2 heterocycles. The van der Waals surface area contributed by atoms with Crippen molar-refractivity contribution in [1.82, 2.24) is 10.3 Å². The molecule has 1 N–H and O–H groups in total. The predicted molar refractivity (Wildman–Crippen MR) is 54.0 cm³/mol. The van der Waals surface area contributed by atoms with E-state index in [1.54, 1.807) is 12.4 Å². The highest BCUT2D eigenvalue weighted by molar-refractivity contribution is 5.99. The van der Waals surface area contributed by atoms with Crippen LogP contribution in [0.25, 0.3) is 0 Å². The molecule has 0 aromatic carbocycles. The molecule has 0 saturated carbocycles. The SMILES string of the molecule is CC1(c2ccncc2)CC(=O)NC(=O)C1. The minimum atomic E-state index is -0.387. The molecule has 2 rings (SSSR count). The number of rotatable bonds is 1. The number of amides is 2. The van der Waals surface area contributed by atoms with E-state index in [0.29, 0.717) is 12.8 Å². The van der Waals surface area contributed by atoms with E-state index >= 15 is 0 Å². The monoisotopic (exact) mass is 204 g/mol.